The minimum atomic E-state index is -4.60. The van der Waals surface area contributed by atoms with E-state index in [-0.39, 0.29) is 17.7 Å². The van der Waals surface area contributed by atoms with Crippen LogP contribution in [-0.4, -0.2) is 13.5 Å². The zero-order valence-corrected chi connectivity index (χ0v) is 17.1. The van der Waals surface area contributed by atoms with Crippen LogP contribution < -0.4 is 9.47 Å². The number of ether oxygens (including phenoxy) is 3. The lowest BCUT2D eigenvalue weighted by Crippen LogP contribution is -2.26. The van der Waals surface area contributed by atoms with Gasteiger partial charge in [-0.2, -0.15) is 8.78 Å². The van der Waals surface area contributed by atoms with Gasteiger partial charge in [0, 0.05) is 12.1 Å². The molecule has 0 aliphatic carbocycles. The largest absolute Gasteiger partial charge is 0.457 e. The molecule has 1 saturated heterocycles. The summed E-state index contributed by atoms with van der Waals surface area (Å²) in [7, 11) is 0. The Morgan fingerprint density at radius 1 is 0.969 bits per heavy atom. The third kappa shape index (κ3) is 5.28. The van der Waals surface area contributed by atoms with Crippen LogP contribution >= 0.6 is 0 Å². The van der Waals surface area contributed by atoms with Crippen LogP contribution in [0, 0.1) is 29.2 Å². The van der Waals surface area contributed by atoms with Crippen LogP contribution in [-0.2, 0) is 10.8 Å². The van der Waals surface area contributed by atoms with Gasteiger partial charge in [-0.1, -0.05) is 13.3 Å². The van der Waals surface area contributed by atoms with Crippen molar-refractivity contribution in [3.05, 3.63) is 58.7 Å². The van der Waals surface area contributed by atoms with E-state index in [0.29, 0.717) is 18.9 Å². The monoisotopic (exact) mass is 466 g/mol. The van der Waals surface area contributed by atoms with Crippen LogP contribution in [0.25, 0.3) is 0 Å². The molecular weight excluding hydrogens is 445 g/mol. The van der Waals surface area contributed by atoms with Crippen molar-refractivity contribution >= 4 is 0 Å². The van der Waals surface area contributed by atoms with Gasteiger partial charge in [-0.15, -0.1) is 0 Å². The Bertz CT molecular complexity index is 897. The quantitative estimate of drug-likeness (QED) is 0.394. The van der Waals surface area contributed by atoms with Crippen LogP contribution in [0.15, 0.2) is 24.3 Å². The second kappa shape index (κ2) is 9.97. The Hall–Kier alpha value is -2.49. The first-order valence-corrected chi connectivity index (χ1v) is 10.0. The van der Waals surface area contributed by atoms with E-state index in [1.807, 2.05) is 6.92 Å². The maximum absolute atomic E-state index is 14.5. The molecule has 2 aromatic rings. The average molecular weight is 466 g/mol. The van der Waals surface area contributed by atoms with Gasteiger partial charge < -0.3 is 14.2 Å². The van der Waals surface area contributed by atoms with Gasteiger partial charge in [0.2, 0.25) is 6.86 Å². The Kier molecular flexibility index (Phi) is 7.53. The molecule has 0 aromatic heterocycles. The van der Waals surface area contributed by atoms with Gasteiger partial charge in [-0.05, 0) is 42.9 Å². The minimum absolute atomic E-state index is 0.0688. The molecule has 1 fully saturated rings. The summed E-state index contributed by atoms with van der Waals surface area (Å²) in [5.41, 5.74) is -1.65. The number of alkyl halides is 3. The first-order valence-electron chi connectivity index (χ1n) is 10.0. The minimum Gasteiger partial charge on any atom is -0.457 e. The molecule has 0 amide bonds. The van der Waals surface area contributed by atoms with E-state index in [0.717, 1.165) is 31.4 Å². The Balaban J connectivity index is 1.81. The summed E-state index contributed by atoms with van der Waals surface area (Å²) < 4.78 is 112. The third-order valence-electron chi connectivity index (χ3n) is 5.21. The summed E-state index contributed by atoms with van der Waals surface area (Å²) in [4.78, 5) is 0. The molecule has 1 aliphatic rings. The Labute approximate surface area is 180 Å². The SMILES string of the molecule is CCCC1CCC(c2cc(F)c(C(F)(F)Oc3cc(F)c(OCF)c(F)c3)c(F)c2)OC1. The molecule has 0 spiro atoms. The normalized spacial score (nSPS) is 19.1. The summed E-state index contributed by atoms with van der Waals surface area (Å²) in [6, 6.07) is 2.04. The number of hydrogen-bond acceptors (Lipinski definition) is 3. The first kappa shape index (κ1) is 24.2. The van der Waals surface area contributed by atoms with Crippen molar-refractivity contribution in [1.29, 1.82) is 0 Å². The summed E-state index contributed by atoms with van der Waals surface area (Å²) in [6.45, 7) is 0.881. The van der Waals surface area contributed by atoms with Gasteiger partial charge in [0.05, 0.1) is 12.7 Å². The zero-order valence-electron chi connectivity index (χ0n) is 17.1. The molecule has 0 saturated carbocycles. The average Bonchev–Trinajstić information content (AvgIpc) is 2.70. The first-order chi connectivity index (χ1) is 15.2. The van der Waals surface area contributed by atoms with Crippen molar-refractivity contribution in [2.24, 2.45) is 5.92 Å². The summed E-state index contributed by atoms with van der Waals surface area (Å²) in [5, 5.41) is 0. The molecule has 1 aliphatic heterocycles. The maximum atomic E-state index is 14.5. The van der Waals surface area contributed by atoms with Crippen LogP contribution in [0.3, 0.4) is 0 Å². The summed E-state index contributed by atoms with van der Waals surface area (Å²) in [5.74, 6) is -8.12. The second-order valence-corrected chi connectivity index (χ2v) is 7.50. The molecule has 0 bridgehead atoms. The van der Waals surface area contributed by atoms with Gasteiger partial charge in [0.25, 0.3) is 0 Å². The van der Waals surface area contributed by atoms with E-state index in [2.05, 4.69) is 9.47 Å². The second-order valence-electron chi connectivity index (χ2n) is 7.50. The highest BCUT2D eigenvalue weighted by atomic mass is 19.3. The fourth-order valence-electron chi connectivity index (χ4n) is 3.75. The smallest absolute Gasteiger partial charge is 0.432 e. The molecule has 0 N–H and O–H groups in total. The van der Waals surface area contributed by atoms with Crippen molar-refractivity contribution in [3.63, 3.8) is 0 Å². The fraction of sp³-hybridized carbons (Fsp3) is 0.455. The number of hydrogen-bond donors (Lipinski definition) is 0. The van der Waals surface area contributed by atoms with Gasteiger partial charge in [-0.3, -0.25) is 0 Å². The topological polar surface area (TPSA) is 27.7 Å². The fourth-order valence-corrected chi connectivity index (χ4v) is 3.75. The molecule has 176 valence electrons. The van der Waals surface area contributed by atoms with Crippen molar-refractivity contribution in [2.45, 2.75) is 44.8 Å². The molecule has 2 aromatic carbocycles. The lowest BCUT2D eigenvalue weighted by Gasteiger charge is -2.29. The molecule has 32 heavy (non-hydrogen) atoms. The van der Waals surface area contributed by atoms with Gasteiger partial charge in [0.15, 0.2) is 17.4 Å². The highest BCUT2D eigenvalue weighted by molar-refractivity contribution is 5.36. The van der Waals surface area contributed by atoms with Gasteiger partial charge in [0.1, 0.15) is 22.9 Å². The highest BCUT2D eigenvalue weighted by Crippen LogP contribution is 2.39. The number of benzene rings is 2. The van der Waals surface area contributed by atoms with Gasteiger partial charge in [-0.25, -0.2) is 22.0 Å². The molecule has 3 rings (SSSR count). The molecule has 3 nitrogen and oxygen atoms in total. The Morgan fingerprint density at radius 2 is 1.59 bits per heavy atom. The zero-order chi connectivity index (χ0) is 23.5. The van der Waals surface area contributed by atoms with Crippen LogP contribution in [0.5, 0.6) is 11.5 Å². The number of rotatable bonds is 8. The molecule has 1 heterocycles. The lowest BCUT2D eigenvalue weighted by atomic mass is 9.91. The van der Waals surface area contributed by atoms with E-state index < -0.39 is 59.4 Å². The summed E-state index contributed by atoms with van der Waals surface area (Å²) in [6.07, 6.45) is -2.04. The van der Waals surface area contributed by atoms with E-state index in [1.54, 1.807) is 0 Å². The van der Waals surface area contributed by atoms with Crippen molar-refractivity contribution in [3.8, 4) is 11.5 Å². The molecule has 2 atom stereocenters. The Morgan fingerprint density at radius 3 is 2.09 bits per heavy atom. The standard InChI is InChI=1S/C22H21F7O3/c1-2-3-12-4-5-19(30-10-12)13-6-15(24)20(16(25)7-13)22(28,29)32-14-8-17(26)21(31-11-23)18(27)9-14/h6-9,12,19H,2-5,10-11H2,1H3. The third-order valence-corrected chi connectivity index (χ3v) is 5.21. The van der Waals surface area contributed by atoms with Crippen LogP contribution in [0.1, 0.15) is 49.8 Å². The predicted octanol–water partition coefficient (Wildman–Crippen LogP) is 6.94. The van der Waals surface area contributed by atoms with E-state index in [4.69, 9.17) is 4.74 Å². The summed E-state index contributed by atoms with van der Waals surface area (Å²) >= 11 is 0. The van der Waals surface area contributed by atoms with Crippen molar-refractivity contribution in [2.75, 3.05) is 13.5 Å². The van der Waals surface area contributed by atoms with E-state index in [1.165, 1.54) is 0 Å². The molecular formula is C22H21F7O3. The molecule has 10 heteroatoms. The van der Waals surface area contributed by atoms with Gasteiger partial charge >= 0.3 is 6.11 Å². The van der Waals surface area contributed by atoms with Crippen molar-refractivity contribution in [1.82, 2.24) is 0 Å². The lowest BCUT2D eigenvalue weighted by molar-refractivity contribution is -0.189. The maximum Gasteiger partial charge on any atom is 0.432 e. The molecule has 2 unspecified atom stereocenters. The van der Waals surface area contributed by atoms with E-state index >= 15 is 0 Å². The van der Waals surface area contributed by atoms with Crippen molar-refractivity contribution < 1.29 is 44.9 Å². The van der Waals surface area contributed by atoms with Crippen LogP contribution in [0.2, 0.25) is 0 Å². The number of halogens is 7. The molecule has 0 radical (unpaired) electrons. The highest BCUT2D eigenvalue weighted by Gasteiger charge is 2.42. The van der Waals surface area contributed by atoms with Crippen LogP contribution in [0.4, 0.5) is 30.7 Å². The predicted molar refractivity (Wildman–Crippen MR) is 100 cm³/mol. The van der Waals surface area contributed by atoms with E-state index in [9.17, 15) is 30.7 Å².